The number of nitrogens with zero attached hydrogens (tertiary/aromatic N) is 1. The van der Waals surface area contributed by atoms with E-state index in [2.05, 4.69) is 30.3 Å². The molecule has 0 aromatic heterocycles. The molecule has 0 unspecified atom stereocenters. The molecule has 3 rings (SSSR count). The second-order valence-electron chi connectivity index (χ2n) is 5.97. The van der Waals surface area contributed by atoms with Gasteiger partial charge in [-0.15, -0.1) is 0 Å². The smallest absolute Gasteiger partial charge is 0.253 e. The molecule has 0 N–H and O–H groups in total. The number of carbonyl (C=O) groups excluding carboxylic acids is 1. The van der Waals surface area contributed by atoms with Crippen molar-refractivity contribution < 1.29 is 4.79 Å². The molecule has 0 aliphatic carbocycles. The van der Waals surface area contributed by atoms with Crippen LogP contribution in [0, 0.1) is 0 Å². The molecule has 124 valence electrons. The third-order valence-corrected chi connectivity index (χ3v) is 4.06. The van der Waals surface area contributed by atoms with Crippen LogP contribution >= 0.6 is 0 Å². The molecule has 3 aromatic rings. The normalized spacial score (nSPS) is 11.2. The zero-order chi connectivity index (χ0) is 17.5. The van der Waals surface area contributed by atoms with Gasteiger partial charge in [0, 0.05) is 19.2 Å². The van der Waals surface area contributed by atoms with Gasteiger partial charge >= 0.3 is 0 Å². The van der Waals surface area contributed by atoms with Gasteiger partial charge in [-0.25, -0.2) is 0 Å². The SMILES string of the molecule is CN(C/C(=C/c1ccccc1)c1ccccc1)C(=O)c1ccccc1. The molecule has 3 aromatic carbocycles. The van der Waals surface area contributed by atoms with Crippen molar-refractivity contribution in [3.05, 3.63) is 108 Å². The van der Waals surface area contributed by atoms with E-state index in [1.54, 1.807) is 4.90 Å². The summed E-state index contributed by atoms with van der Waals surface area (Å²) in [6, 6.07) is 29.8. The number of likely N-dealkylation sites (N-methyl/N-ethyl adjacent to an activating group) is 1. The molecule has 0 aliphatic rings. The van der Waals surface area contributed by atoms with Crippen LogP contribution < -0.4 is 0 Å². The number of rotatable bonds is 5. The fourth-order valence-corrected chi connectivity index (χ4v) is 2.75. The first-order valence-corrected chi connectivity index (χ1v) is 8.35. The largest absolute Gasteiger partial charge is 0.337 e. The Balaban J connectivity index is 1.88. The van der Waals surface area contributed by atoms with Gasteiger partial charge in [-0.1, -0.05) is 78.9 Å². The molecular weight excluding hydrogens is 306 g/mol. The van der Waals surface area contributed by atoms with Gasteiger partial charge in [-0.3, -0.25) is 4.79 Å². The van der Waals surface area contributed by atoms with Crippen LogP contribution in [0.5, 0.6) is 0 Å². The first-order valence-electron chi connectivity index (χ1n) is 8.35. The molecule has 0 radical (unpaired) electrons. The van der Waals surface area contributed by atoms with E-state index in [1.165, 1.54) is 0 Å². The highest BCUT2D eigenvalue weighted by atomic mass is 16.2. The van der Waals surface area contributed by atoms with Crippen LogP contribution in [0.2, 0.25) is 0 Å². The van der Waals surface area contributed by atoms with Crippen LogP contribution in [-0.2, 0) is 0 Å². The lowest BCUT2D eigenvalue weighted by atomic mass is 10.0. The molecule has 0 bridgehead atoms. The fourth-order valence-electron chi connectivity index (χ4n) is 2.75. The van der Waals surface area contributed by atoms with Crippen molar-refractivity contribution in [2.75, 3.05) is 13.6 Å². The third-order valence-electron chi connectivity index (χ3n) is 4.06. The van der Waals surface area contributed by atoms with E-state index in [1.807, 2.05) is 73.8 Å². The second-order valence-corrected chi connectivity index (χ2v) is 5.97. The van der Waals surface area contributed by atoms with Crippen LogP contribution in [0.3, 0.4) is 0 Å². The summed E-state index contributed by atoms with van der Waals surface area (Å²) in [5.74, 6) is 0.0236. The van der Waals surface area contributed by atoms with E-state index in [-0.39, 0.29) is 5.91 Å². The summed E-state index contributed by atoms with van der Waals surface area (Å²) in [5.41, 5.74) is 4.07. The Morgan fingerprint density at radius 2 is 1.24 bits per heavy atom. The molecule has 25 heavy (non-hydrogen) atoms. The van der Waals surface area contributed by atoms with E-state index in [0.29, 0.717) is 12.1 Å². The summed E-state index contributed by atoms with van der Waals surface area (Å²) in [7, 11) is 1.84. The number of carbonyl (C=O) groups is 1. The van der Waals surface area contributed by atoms with Crippen molar-refractivity contribution in [1.29, 1.82) is 0 Å². The van der Waals surface area contributed by atoms with Gasteiger partial charge in [0.05, 0.1) is 0 Å². The molecular formula is C23H21NO. The number of hydrogen-bond acceptors (Lipinski definition) is 1. The Hall–Kier alpha value is -3.13. The van der Waals surface area contributed by atoms with Crippen LogP contribution in [0.1, 0.15) is 21.5 Å². The van der Waals surface area contributed by atoms with Crippen molar-refractivity contribution in [1.82, 2.24) is 4.90 Å². The van der Waals surface area contributed by atoms with Gasteiger partial charge in [0.25, 0.3) is 5.91 Å². The van der Waals surface area contributed by atoms with E-state index in [0.717, 1.165) is 16.7 Å². The van der Waals surface area contributed by atoms with Gasteiger partial charge < -0.3 is 4.90 Å². The highest BCUT2D eigenvalue weighted by Crippen LogP contribution is 2.20. The summed E-state index contributed by atoms with van der Waals surface area (Å²) >= 11 is 0. The van der Waals surface area contributed by atoms with Gasteiger partial charge in [0.15, 0.2) is 0 Å². The molecule has 0 saturated carbocycles. The Morgan fingerprint density at radius 3 is 1.80 bits per heavy atom. The molecule has 0 aliphatic heterocycles. The van der Waals surface area contributed by atoms with Crippen molar-refractivity contribution in [3.8, 4) is 0 Å². The van der Waals surface area contributed by atoms with Crippen molar-refractivity contribution in [2.24, 2.45) is 0 Å². The predicted octanol–water partition coefficient (Wildman–Crippen LogP) is 5.00. The number of hydrogen-bond donors (Lipinski definition) is 0. The van der Waals surface area contributed by atoms with Crippen LogP contribution in [0.25, 0.3) is 11.6 Å². The van der Waals surface area contributed by atoms with E-state index < -0.39 is 0 Å². The number of amides is 1. The summed E-state index contributed by atoms with van der Waals surface area (Å²) in [4.78, 5) is 14.4. The average molecular weight is 327 g/mol. The molecule has 0 fully saturated rings. The predicted molar refractivity (Wildman–Crippen MR) is 104 cm³/mol. The van der Waals surface area contributed by atoms with E-state index in [4.69, 9.17) is 0 Å². The van der Waals surface area contributed by atoms with Crippen molar-refractivity contribution in [3.63, 3.8) is 0 Å². The van der Waals surface area contributed by atoms with Crippen LogP contribution in [-0.4, -0.2) is 24.4 Å². The second kappa shape index (κ2) is 8.11. The first-order chi connectivity index (χ1) is 12.2. The van der Waals surface area contributed by atoms with Gasteiger partial charge in [-0.05, 0) is 34.9 Å². The van der Waals surface area contributed by atoms with Crippen LogP contribution in [0.4, 0.5) is 0 Å². The molecule has 1 amide bonds. The molecule has 0 heterocycles. The summed E-state index contributed by atoms with van der Waals surface area (Å²) in [5, 5.41) is 0. The standard InChI is InChI=1S/C23H21NO/c1-24(23(25)21-15-9-4-10-16-21)18-22(20-13-7-3-8-14-20)17-19-11-5-2-6-12-19/h2-17H,18H2,1H3/b22-17-. The zero-order valence-corrected chi connectivity index (χ0v) is 14.3. The minimum Gasteiger partial charge on any atom is -0.337 e. The lowest BCUT2D eigenvalue weighted by Crippen LogP contribution is -2.28. The molecule has 0 atom stereocenters. The third kappa shape index (κ3) is 4.45. The lowest BCUT2D eigenvalue weighted by Gasteiger charge is -2.20. The molecule has 0 saturated heterocycles. The van der Waals surface area contributed by atoms with Crippen molar-refractivity contribution in [2.45, 2.75) is 0 Å². The topological polar surface area (TPSA) is 20.3 Å². The maximum atomic E-state index is 12.7. The summed E-state index contributed by atoms with van der Waals surface area (Å²) in [6.45, 7) is 0.548. The van der Waals surface area contributed by atoms with Gasteiger partial charge in [0.1, 0.15) is 0 Å². The highest BCUT2D eigenvalue weighted by molar-refractivity contribution is 5.95. The Morgan fingerprint density at radius 1 is 0.760 bits per heavy atom. The molecule has 2 nitrogen and oxygen atoms in total. The Bertz CT molecular complexity index is 839. The first kappa shape index (κ1) is 16.7. The van der Waals surface area contributed by atoms with Crippen LogP contribution in [0.15, 0.2) is 91.0 Å². The van der Waals surface area contributed by atoms with Gasteiger partial charge in [-0.2, -0.15) is 0 Å². The Labute approximate surface area is 149 Å². The summed E-state index contributed by atoms with van der Waals surface area (Å²) in [6.07, 6.45) is 2.14. The number of benzene rings is 3. The molecule has 0 spiro atoms. The van der Waals surface area contributed by atoms with Crippen molar-refractivity contribution >= 4 is 17.6 Å². The summed E-state index contributed by atoms with van der Waals surface area (Å²) < 4.78 is 0. The Kier molecular flexibility index (Phi) is 5.43. The van der Waals surface area contributed by atoms with E-state index >= 15 is 0 Å². The van der Waals surface area contributed by atoms with E-state index in [9.17, 15) is 4.79 Å². The van der Waals surface area contributed by atoms with Gasteiger partial charge in [0.2, 0.25) is 0 Å². The minimum absolute atomic E-state index is 0.0236. The fraction of sp³-hybridized carbons (Fsp3) is 0.0870. The highest BCUT2D eigenvalue weighted by Gasteiger charge is 2.13. The average Bonchev–Trinajstić information content (AvgIpc) is 2.69. The maximum Gasteiger partial charge on any atom is 0.253 e. The lowest BCUT2D eigenvalue weighted by molar-refractivity contribution is 0.0812. The maximum absolute atomic E-state index is 12.7. The molecule has 2 heteroatoms. The zero-order valence-electron chi connectivity index (χ0n) is 14.3. The monoisotopic (exact) mass is 327 g/mol. The minimum atomic E-state index is 0.0236. The quantitative estimate of drug-likeness (QED) is 0.604.